The highest BCUT2D eigenvalue weighted by atomic mass is 16.5. The van der Waals surface area contributed by atoms with Gasteiger partial charge >= 0.3 is 11.9 Å². The Morgan fingerprint density at radius 1 is 1.22 bits per heavy atom. The third kappa shape index (κ3) is 7.91. The number of carboxylic acid groups (broad SMARTS) is 1. The molecule has 1 aliphatic heterocycles. The number of nitrogens with one attached hydrogen (secondary N) is 1. The average Bonchev–Trinajstić information content (AvgIpc) is 2.80. The number of amides is 1. The summed E-state index contributed by atoms with van der Waals surface area (Å²) in [6.07, 6.45) is 3.68. The Morgan fingerprint density at radius 2 is 1.94 bits per heavy atom. The predicted molar refractivity (Wildman–Crippen MR) is 120 cm³/mol. The molecular formula is C24H36N2O6. The topological polar surface area (TPSA) is 105 Å². The normalized spacial score (nSPS) is 18.9. The molecule has 178 valence electrons. The van der Waals surface area contributed by atoms with E-state index >= 15 is 0 Å². The van der Waals surface area contributed by atoms with E-state index in [4.69, 9.17) is 9.47 Å². The van der Waals surface area contributed by atoms with Crippen LogP contribution in [0.2, 0.25) is 0 Å². The molecule has 1 fully saturated rings. The second-order valence-corrected chi connectivity index (χ2v) is 8.21. The summed E-state index contributed by atoms with van der Waals surface area (Å²) in [4.78, 5) is 38.8. The van der Waals surface area contributed by atoms with Gasteiger partial charge in [0, 0.05) is 13.2 Å². The predicted octanol–water partition coefficient (Wildman–Crippen LogP) is 2.40. The van der Waals surface area contributed by atoms with Crippen LogP contribution in [0.5, 0.6) is 0 Å². The first-order valence-electron chi connectivity index (χ1n) is 11.4. The van der Waals surface area contributed by atoms with Crippen LogP contribution in [0.25, 0.3) is 0 Å². The molecule has 2 rings (SSSR count). The third-order valence-electron chi connectivity index (χ3n) is 5.74. The fourth-order valence-electron chi connectivity index (χ4n) is 3.83. The lowest BCUT2D eigenvalue weighted by molar-refractivity contribution is -0.153. The van der Waals surface area contributed by atoms with Gasteiger partial charge in [0.25, 0.3) is 0 Å². The maximum atomic E-state index is 13.2. The zero-order valence-electron chi connectivity index (χ0n) is 19.3. The molecule has 0 aromatic heterocycles. The maximum absolute atomic E-state index is 13.2. The fourth-order valence-corrected chi connectivity index (χ4v) is 3.83. The summed E-state index contributed by atoms with van der Waals surface area (Å²) in [5.41, 5.74) is 1.08. The minimum atomic E-state index is -1.08. The number of carboxylic acids is 1. The second kappa shape index (κ2) is 13.2. The van der Waals surface area contributed by atoms with Crippen LogP contribution >= 0.6 is 0 Å². The molecule has 4 atom stereocenters. The molecule has 1 aliphatic rings. The van der Waals surface area contributed by atoms with Crippen LogP contribution in [0.4, 0.5) is 0 Å². The fraction of sp³-hybridized carbons (Fsp3) is 0.625. The molecule has 0 bridgehead atoms. The lowest BCUT2D eigenvalue weighted by Crippen LogP contribution is -2.56. The largest absolute Gasteiger partial charge is 0.480 e. The molecule has 2 N–H and O–H groups in total. The first kappa shape index (κ1) is 25.8. The summed E-state index contributed by atoms with van der Waals surface area (Å²) in [6, 6.07) is 7.34. The van der Waals surface area contributed by atoms with E-state index in [-0.39, 0.29) is 25.2 Å². The number of hydrogen-bond acceptors (Lipinski definition) is 6. The Balaban J connectivity index is 2.08. The summed E-state index contributed by atoms with van der Waals surface area (Å²) in [7, 11) is 0. The van der Waals surface area contributed by atoms with E-state index in [9.17, 15) is 19.5 Å². The van der Waals surface area contributed by atoms with Gasteiger partial charge in [0.1, 0.15) is 12.1 Å². The van der Waals surface area contributed by atoms with E-state index in [1.165, 1.54) is 11.8 Å². The minimum absolute atomic E-state index is 0.180. The number of carbonyl (C=O) groups excluding carboxylic acids is 2. The number of ether oxygens (including phenoxy) is 2. The highest BCUT2D eigenvalue weighted by molar-refractivity contribution is 5.87. The van der Waals surface area contributed by atoms with Crippen molar-refractivity contribution in [2.45, 2.75) is 77.1 Å². The van der Waals surface area contributed by atoms with Crippen LogP contribution < -0.4 is 5.32 Å². The Kier molecular flexibility index (Phi) is 10.6. The van der Waals surface area contributed by atoms with Crippen molar-refractivity contribution in [3.05, 3.63) is 35.9 Å². The van der Waals surface area contributed by atoms with Crippen LogP contribution in [0.1, 0.15) is 52.0 Å². The number of hydrogen-bond donors (Lipinski definition) is 2. The van der Waals surface area contributed by atoms with Gasteiger partial charge in [-0.25, -0.2) is 4.79 Å². The van der Waals surface area contributed by atoms with E-state index in [0.717, 1.165) is 24.8 Å². The smallest absolute Gasteiger partial charge is 0.326 e. The number of aryl methyl sites for hydroxylation is 1. The van der Waals surface area contributed by atoms with E-state index in [1.807, 2.05) is 30.3 Å². The van der Waals surface area contributed by atoms with Crippen LogP contribution in [0, 0.1) is 0 Å². The minimum Gasteiger partial charge on any atom is -0.480 e. The Morgan fingerprint density at radius 3 is 2.53 bits per heavy atom. The highest BCUT2D eigenvalue weighted by Gasteiger charge is 2.33. The van der Waals surface area contributed by atoms with Crippen molar-refractivity contribution in [2.75, 3.05) is 19.8 Å². The van der Waals surface area contributed by atoms with E-state index < -0.39 is 30.1 Å². The average molecular weight is 449 g/mol. The molecule has 32 heavy (non-hydrogen) atoms. The Bertz CT molecular complexity index is 735. The summed E-state index contributed by atoms with van der Waals surface area (Å²) in [6.45, 7) is 5.96. The molecule has 0 saturated carbocycles. The molecule has 1 aromatic rings. The zero-order valence-corrected chi connectivity index (χ0v) is 19.3. The maximum Gasteiger partial charge on any atom is 0.326 e. The molecular weight excluding hydrogens is 412 g/mol. The number of carbonyl (C=O) groups is 3. The monoisotopic (exact) mass is 448 g/mol. The van der Waals surface area contributed by atoms with Crippen molar-refractivity contribution in [3.63, 3.8) is 0 Å². The first-order chi connectivity index (χ1) is 15.3. The summed E-state index contributed by atoms with van der Waals surface area (Å²) in [5, 5.41) is 12.6. The molecule has 0 aliphatic carbocycles. The Labute approximate surface area is 190 Å². The molecule has 1 amide bonds. The van der Waals surface area contributed by atoms with Crippen molar-refractivity contribution >= 4 is 17.8 Å². The van der Waals surface area contributed by atoms with Crippen LogP contribution in [0.3, 0.4) is 0 Å². The van der Waals surface area contributed by atoms with Gasteiger partial charge in [-0.15, -0.1) is 0 Å². The van der Waals surface area contributed by atoms with Gasteiger partial charge in [0.2, 0.25) is 5.91 Å². The Hall–Kier alpha value is -2.45. The molecule has 1 heterocycles. The molecule has 0 radical (unpaired) electrons. The second-order valence-electron chi connectivity index (χ2n) is 8.21. The van der Waals surface area contributed by atoms with Crippen LogP contribution in [-0.2, 0) is 30.3 Å². The van der Waals surface area contributed by atoms with Gasteiger partial charge in [-0.3, -0.25) is 14.9 Å². The van der Waals surface area contributed by atoms with Crippen molar-refractivity contribution in [2.24, 2.45) is 0 Å². The van der Waals surface area contributed by atoms with Crippen molar-refractivity contribution in [3.8, 4) is 0 Å². The number of aliphatic carboxylic acids is 1. The van der Waals surface area contributed by atoms with E-state index in [1.54, 1.807) is 13.8 Å². The van der Waals surface area contributed by atoms with Gasteiger partial charge in [0.05, 0.1) is 18.8 Å². The lowest BCUT2D eigenvalue weighted by atomic mass is 10.0. The quantitative estimate of drug-likeness (QED) is 0.473. The van der Waals surface area contributed by atoms with Gasteiger partial charge in [-0.05, 0) is 58.4 Å². The molecule has 1 saturated heterocycles. The molecule has 1 aromatic carbocycles. The van der Waals surface area contributed by atoms with Crippen LogP contribution in [0.15, 0.2) is 30.3 Å². The molecule has 0 spiro atoms. The van der Waals surface area contributed by atoms with Gasteiger partial charge in [-0.2, -0.15) is 0 Å². The first-order valence-corrected chi connectivity index (χ1v) is 11.4. The van der Waals surface area contributed by atoms with E-state index in [2.05, 4.69) is 5.32 Å². The van der Waals surface area contributed by atoms with Crippen molar-refractivity contribution in [1.29, 1.82) is 0 Å². The van der Waals surface area contributed by atoms with E-state index in [0.29, 0.717) is 19.4 Å². The number of nitrogens with zero attached hydrogens (tertiary/aromatic N) is 1. The van der Waals surface area contributed by atoms with Gasteiger partial charge < -0.3 is 19.5 Å². The lowest BCUT2D eigenvalue weighted by Gasteiger charge is -2.34. The molecule has 2 unspecified atom stereocenters. The van der Waals surface area contributed by atoms with Gasteiger partial charge in [0.15, 0.2) is 0 Å². The third-order valence-corrected chi connectivity index (χ3v) is 5.74. The SMILES string of the molecule is CCOC(=O)[C@H](CCc1ccccc1)NC(C)C(=O)N(C[C@@H]1CCCCO1)C(C)C(=O)O. The summed E-state index contributed by atoms with van der Waals surface area (Å²) >= 11 is 0. The van der Waals surface area contributed by atoms with Crippen molar-refractivity contribution in [1.82, 2.24) is 10.2 Å². The number of benzene rings is 1. The number of rotatable bonds is 12. The van der Waals surface area contributed by atoms with Crippen molar-refractivity contribution < 1.29 is 29.0 Å². The standard InChI is InChI=1S/C24H36N2O6/c1-4-31-24(30)21(14-13-19-10-6-5-7-11-19)25-17(2)22(27)26(18(3)23(28)29)16-20-12-8-9-15-32-20/h5-7,10-11,17-18,20-21,25H,4,8-9,12-16H2,1-3H3,(H,28,29)/t17?,18?,20-,21-/m0/s1. The zero-order chi connectivity index (χ0) is 23.5. The van der Waals surface area contributed by atoms with Crippen LogP contribution in [-0.4, -0.2) is 71.8 Å². The number of esters is 1. The molecule has 8 nitrogen and oxygen atoms in total. The summed E-state index contributed by atoms with van der Waals surface area (Å²) in [5.74, 6) is -1.87. The highest BCUT2D eigenvalue weighted by Crippen LogP contribution is 2.17. The summed E-state index contributed by atoms with van der Waals surface area (Å²) < 4.78 is 10.9. The van der Waals surface area contributed by atoms with Gasteiger partial charge in [-0.1, -0.05) is 30.3 Å². The molecule has 8 heteroatoms.